The van der Waals surface area contributed by atoms with E-state index in [0.717, 1.165) is 17.2 Å². The molecule has 0 radical (unpaired) electrons. The molecular formula is C20H18FNO3S. The second-order valence-electron chi connectivity index (χ2n) is 5.70. The topological polar surface area (TPSA) is 55.4 Å². The highest BCUT2D eigenvalue weighted by Gasteiger charge is 2.23. The maximum atomic E-state index is 13.5. The molecule has 0 saturated carbocycles. The number of methoxy groups -OCH3 is 1. The third kappa shape index (κ3) is 4.09. The molecular weight excluding hydrogens is 353 g/mol. The first-order chi connectivity index (χ1) is 12.5. The number of nitrogens with one attached hydrogen (secondary N) is 1. The summed E-state index contributed by atoms with van der Waals surface area (Å²) < 4.78 is 46.8. The van der Waals surface area contributed by atoms with Crippen molar-refractivity contribution in [2.24, 2.45) is 0 Å². The molecule has 1 N–H and O–H groups in total. The van der Waals surface area contributed by atoms with E-state index in [9.17, 15) is 12.8 Å². The average Bonchev–Trinajstić information content (AvgIpc) is 2.67. The molecule has 0 saturated heterocycles. The van der Waals surface area contributed by atoms with Gasteiger partial charge in [-0.05, 0) is 41.5 Å². The van der Waals surface area contributed by atoms with E-state index < -0.39 is 21.9 Å². The second-order valence-corrected chi connectivity index (χ2v) is 7.41. The first-order valence-electron chi connectivity index (χ1n) is 7.96. The van der Waals surface area contributed by atoms with E-state index in [0.29, 0.717) is 5.75 Å². The van der Waals surface area contributed by atoms with Gasteiger partial charge < -0.3 is 4.74 Å². The standard InChI is InChI=1S/C20H18FNO3S/c1-25-18-12-10-16(11-13-18)20(15-6-3-2-4-7-15)22-26(23,24)19-9-5-8-17(21)14-19/h2-14,20,22H,1H3. The summed E-state index contributed by atoms with van der Waals surface area (Å²) in [6.07, 6.45) is 0. The Labute approximate surface area is 152 Å². The molecule has 3 aromatic carbocycles. The summed E-state index contributed by atoms with van der Waals surface area (Å²) >= 11 is 0. The van der Waals surface area contributed by atoms with Gasteiger partial charge in [-0.15, -0.1) is 0 Å². The van der Waals surface area contributed by atoms with E-state index in [4.69, 9.17) is 4.74 Å². The van der Waals surface area contributed by atoms with Crippen LogP contribution >= 0.6 is 0 Å². The van der Waals surface area contributed by atoms with Crippen LogP contribution in [0.3, 0.4) is 0 Å². The monoisotopic (exact) mass is 371 g/mol. The minimum Gasteiger partial charge on any atom is -0.497 e. The summed E-state index contributed by atoms with van der Waals surface area (Å²) in [5, 5.41) is 0. The predicted molar refractivity (Wildman–Crippen MR) is 98.0 cm³/mol. The SMILES string of the molecule is COc1ccc(C(NS(=O)(=O)c2cccc(F)c2)c2ccccc2)cc1. The van der Waals surface area contributed by atoms with Gasteiger partial charge in [0.25, 0.3) is 0 Å². The lowest BCUT2D eigenvalue weighted by atomic mass is 10.00. The predicted octanol–water partition coefficient (Wildman–Crippen LogP) is 3.90. The molecule has 0 bridgehead atoms. The van der Waals surface area contributed by atoms with Crippen molar-refractivity contribution in [2.45, 2.75) is 10.9 Å². The Balaban J connectivity index is 2.01. The minimum absolute atomic E-state index is 0.119. The summed E-state index contributed by atoms with van der Waals surface area (Å²) in [5.41, 5.74) is 1.52. The van der Waals surface area contributed by atoms with Crippen molar-refractivity contribution in [3.63, 3.8) is 0 Å². The molecule has 0 amide bonds. The van der Waals surface area contributed by atoms with Crippen molar-refractivity contribution in [3.05, 3.63) is 95.8 Å². The number of rotatable bonds is 6. The van der Waals surface area contributed by atoms with Crippen molar-refractivity contribution >= 4 is 10.0 Å². The third-order valence-electron chi connectivity index (χ3n) is 3.96. The van der Waals surface area contributed by atoms with Crippen LogP contribution in [-0.2, 0) is 10.0 Å². The van der Waals surface area contributed by atoms with Gasteiger partial charge in [0.1, 0.15) is 11.6 Å². The zero-order valence-electron chi connectivity index (χ0n) is 14.1. The zero-order chi connectivity index (χ0) is 18.6. The Kier molecular flexibility index (Phi) is 5.35. The Morgan fingerprint density at radius 1 is 0.885 bits per heavy atom. The highest BCUT2D eigenvalue weighted by atomic mass is 32.2. The first-order valence-corrected chi connectivity index (χ1v) is 9.45. The molecule has 4 nitrogen and oxygen atoms in total. The molecule has 3 rings (SSSR count). The van der Waals surface area contributed by atoms with Gasteiger partial charge in [-0.2, -0.15) is 4.72 Å². The van der Waals surface area contributed by atoms with Crippen LogP contribution in [-0.4, -0.2) is 15.5 Å². The van der Waals surface area contributed by atoms with Gasteiger partial charge in [0.2, 0.25) is 10.0 Å². The molecule has 6 heteroatoms. The van der Waals surface area contributed by atoms with Crippen molar-refractivity contribution in [1.29, 1.82) is 0 Å². The highest BCUT2D eigenvalue weighted by molar-refractivity contribution is 7.89. The van der Waals surface area contributed by atoms with Crippen molar-refractivity contribution in [2.75, 3.05) is 7.11 Å². The fourth-order valence-electron chi connectivity index (χ4n) is 2.63. The van der Waals surface area contributed by atoms with Crippen LogP contribution in [0.2, 0.25) is 0 Å². The third-order valence-corrected chi connectivity index (χ3v) is 5.38. The van der Waals surface area contributed by atoms with E-state index in [2.05, 4.69) is 4.72 Å². The molecule has 0 heterocycles. The molecule has 26 heavy (non-hydrogen) atoms. The second kappa shape index (κ2) is 7.68. The van der Waals surface area contributed by atoms with Crippen molar-refractivity contribution in [1.82, 2.24) is 4.72 Å². The van der Waals surface area contributed by atoms with Gasteiger partial charge in [0.15, 0.2) is 0 Å². The molecule has 0 aliphatic rings. The number of hydrogen-bond donors (Lipinski definition) is 1. The largest absolute Gasteiger partial charge is 0.497 e. The zero-order valence-corrected chi connectivity index (χ0v) is 14.9. The smallest absolute Gasteiger partial charge is 0.241 e. The summed E-state index contributed by atoms with van der Waals surface area (Å²) in [6, 6.07) is 20.6. The number of halogens is 1. The van der Waals surface area contributed by atoms with Crippen LogP contribution in [0.5, 0.6) is 5.75 Å². The van der Waals surface area contributed by atoms with Gasteiger partial charge in [-0.25, -0.2) is 12.8 Å². The van der Waals surface area contributed by atoms with Crippen molar-refractivity contribution < 1.29 is 17.5 Å². The Bertz CT molecular complexity index is 973. The summed E-state index contributed by atoms with van der Waals surface area (Å²) in [6.45, 7) is 0. The maximum absolute atomic E-state index is 13.5. The van der Waals surface area contributed by atoms with Crippen LogP contribution in [0.4, 0.5) is 4.39 Å². The van der Waals surface area contributed by atoms with E-state index in [1.165, 1.54) is 18.2 Å². The van der Waals surface area contributed by atoms with Crippen LogP contribution < -0.4 is 9.46 Å². The Morgan fingerprint density at radius 3 is 2.15 bits per heavy atom. The molecule has 0 spiro atoms. The molecule has 3 aromatic rings. The van der Waals surface area contributed by atoms with Crippen LogP contribution in [0.1, 0.15) is 17.2 Å². The van der Waals surface area contributed by atoms with E-state index in [1.54, 1.807) is 31.4 Å². The highest BCUT2D eigenvalue weighted by Crippen LogP contribution is 2.26. The van der Waals surface area contributed by atoms with E-state index in [-0.39, 0.29) is 4.90 Å². The Hall–Kier alpha value is -2.70. The fourth-order valence-corrected chi connectivity index (χ4v) is 3.87. The number of ether oxygens (including phenoxy) is 1. The van der Waals surface area contributed by atoms with Gasteiger partial charge in [0, 0.05) is 0 Å². The number of benzene rings is 3. The van der Waals surface area contributed by atoms with Crippen LogP contribution in [0, 0.1) is 5.82 Å². The molecule has 0 aromatic heterocycles. The lowest BCUT2D eigenvalue weighted by Gasteiger charge is -2.20. The molecule has 1 atom stereocenters. The fraction of sp³-hybridized carbons (Fsp3) is 0.100. The van der Waals surface area contributed by atoms with Gasteiger partial charge in [-0.1, -0.05) is 48.5 Å². The summed E-state index contributed by atoms with van der Waals surface area (Å²) in [5.74, 6) is 0.0714. The summed E-state index contributed by atoms with van der Waals surface area (Å²) in [4.78, 5) is -0.119. The number of hydrogen-bond acceptors (Lipinski definition) is 3. The average molecular weight is 371 g/mol. The molecule has 134 valence electrons. The maximum Gasteiger partial charge on any atom is 0.241 e. The molecule has 0 fully saturated rings. The lowest BCUT2D eigenvalue weighted by molar-refractivity contribution is 0.414. The molecule has 0 aliphatic heterocycles. The molecule has 1 unspecified atom stereocenters. The van der Waals surface area contributed by atoms with Gasteiger partial charge in [-0.3, -0.25) is 0 Å². The summed E-state index contributed by atoms with van der Waals surface area (Å²) in [7, 11) is -2.35. The van der Waals surface area contributed by atoms with Gasteiger partial charge in [0.05, 0.1) is 18.0 Å². The molecule has 0 aliphatic carbocycles. The van der Waals surface area contributed by atoms with Crippen molar-refractivity contribution in [3.8, 4) is 5.75 Å². The first kappa shape index (κ1) is 18.1. The lowest BCUT2D eigenvalue weighted by Crippen LogP contribution is -2.29. The van der Waals surface area contributed by atoms with E-state index in [1.807, 2.05) is 30.3 Å². The van der Waals surface area contributed by atoms with E-state index >= 15 is 0 Å². The normalized spacial score (nSPS) is 12.5. The minimum atomic E-state index is -3.92. The van der Waals surface area contributed by atoms with Gasteiger partial charge >= 0.3 is 0 Å². The Morgan fingerprint density at radius 2 is 1.54 bits per heavy atom. The number of sulfonamides is 1. The van der Waals surface area contributed by atoms with Crippen LogP contribution in [0.15, 0.2) is 83.8 Å². The quantitative estimate of drug-likeness (QED) is 0.715. The van der Waals surface area contributed by atoms with Crippen LogP contribution in [0.25, 0.3) is 0 Å².